The van der Waals surface area contributed by atoms with Gasteiger partial charge in [-0.3, -0.25) is 9.59 Å². The standard InChI is InChI=1S/C8H11F3O4/c1-6(2,8(9,10)11)7(3,4(12)13)5(14)15/h1-3H3,(H,12,13)(H,14,15). The number of carbonyl (C=O) groups is 2. The molecule has 0 heterocycles. The molecule has 88 valence electrons. The van der Waals surface area contributed by atoms with Crippen molar-refractivity contribution in [3.63, 3.8) is 0 Å². The fraction of sp³-hybridized carbons (Fsp3) is 0.750. The van der Waals surface area contributed by atoms with Gasteiger partial charge in [0.25, 0.3) is 0 Å². The van der Waals surface area contributed by atoms with Crippen LogP contribution in [0.5, 0.6) is 0 Å². The van der Waals surface area contributed by atoms with E-state index in [1.165, 1.54) is 0 Å². The zero-order chi connectivity index (χ0) is 12.7. The van der Waals surface area contributed by atoms with Crippen LogP contribution in [0.4, 0.5) is 13.2 Å². The van der Waals surface area contributed by atoms with E-state index in [9.17, 15) is 22.8 Å². The van der Waals surface area contributed by atoms with Gasteiger partial charge < -0.3 is 10.2 Å². The van der Waals surface area contributed by atoms with E-state index < -0.39 is 28.9 Å². The van der Waals surface area contributed by atoms with Crippen molar-refractivity contribution in [2.24, 2.45) is 10.8 Å². The minimum Gasteiger partial charge on any atom is -0.480 e. The Bertz CT molecular complexity index is 279. The van der Waals surface area contributed by atoms with Gasteiger partial charge in [0.05, 0.1) is 5.41 Å². The minimum absolute atomic E-state index is 0.547. The molecule has 15 heavy (non-hydrogen) atoms. The van der Waals surface area contributed by atoms with Gasteiger partial charge in [0, 0.05) is 0 Å². The van der Waals surface area contributed by atoms with E-state index in [0.29, 0.717) is 20.8 Å². The van der Waals surface area contributed by atoms with Crippen molar-refractivity contribution in [3.05, 3.63) is 0 Å². The van der Waals surface area contributed by atoms with E-state index in [1.807, 2.05) is 0 Å². The maximum Gasteiger partial charge on any atom is 0.395 e. The van der Waals surface area contributed by atoms with Gasteiger partial charge in [-0.2, -0.15) is 13.2 Å². The van der Waals surface area contributed by atoms with Crippen molar-refractivity contribution in [2.45, 2.75) is 26.9 Å². The Morgan fingerprint density at radius 3 is 1.27 bits per heavy atom. The second-order valence-electron chi connectivity index (χ2n) is 3.86. The zero-order valence-corrected chi connectivity index (χ0v) is 8.34. The lowest BCUT2D eigenvalue weighted by Gasteiger charge is -2.38. The molecule has 0 atom stereocenters. The van der Waals surface area contributed by atoms with Crippen LogP contribution in [0.15, 0.2) is 0 Å². The molecule has 0 fully saturated rings. The lowest BCUT2D eigenvalue weighted by atomic mass is 9.66. The van der Waals surface area contributed by atoms with Gasteiger partial charge in [-0.15, -0.1) is 0 Å². The van der Waals surface area contributed by atoms with Gasteiger partial charge in [0.15, 0.2) is 5.41 Å². The predicted molar refractivity (Wildman–Crippen MR) is 43.2 cm³/mol. The maximum absolute atomic E-state index is 12.5. The molecule has 0 aromatic carbocycles. The lowest BCUT2D eigenvalue weighted by molar-refractivity contribution is -0.252. The maximum atomic E-state index is 12.5. The fourth-order valence-corrected chi connectivity index (χ4v) is 0.910. The van der Waals surface area contributed by atoms with Crippen LogP contribution in [0, 0.1) is 10.8 Å². The van der Waals surface area contributed by atoms with Gasteiger partial charge in [-0.05, 0) is 20.8 Å². The Hall–Kier alpha value is -1.27. The van der Waals surface area contributed by atoms with Crippen LogP contribution in [-0.4, -0.2) is 28.3 Å². The van der Waals surface area contributed by atoms with Gasteiger partial charge >= 0.3 is 18.1 Å². The van der Waals surface area contributed by atoms with Crippen molar-refractivity contribution in [3.8, 4) is 0 Å². The van der Waals surface area contributed by atoms with E-state index in [-0.39, 0.29) is 0 Å². The minimum atomic E-state index is -4.92. The number of carboxylic acids is 2. The molecule has 4 nitrogen and oxygen atoms in total. The molecule has 0 rings (SSSR count). The first-order valence-corrected chi connectivity index (χ1v) is 3.92. The van der Waals surface area contributed by atoms with E-state index in [1.54, 1.807) is 0 Å². The molecule has 0 unspecified atom stereocenters. The molecule has 0 aromatic rings. The van der Waals surface area contributed by atoms with Crippen LogP contribution in [-0.2, 0) is 9.59 Å². The van der Waals surface area contributed by atoms with Gasteiger partial charge in [-0.1, -0.05) is 0 Å². The van der Waals surface area contributed by atoms with Crippen molar-refractivity contribution in [1.82, 2.24) is 0 Å². The number of hydrogen-bond donors (Lipinski definition) is 2. The normalized spacial score (nSPS) is 13.7. The second kappa shape index (κ2) is 3.39. The van der Waals surface area contributed by atoms with Crippen LogP contribution in [0.3, 0.4) is 0 Å². The SMILES string of the molecule is CC(C(=O)O)(C(=O)O)C(C)(C)C(F)(F)F. The summed E-state index contributed by atoms with van der Waals surface area (Å²) in [4.78, 5) is 21.4. The topological polar surface area (TPSA) is 74.6 Å². The molecule has 0 aromatic heterocycles. The third kappa shape index (κ3) is 1.78. The van der Waals surface area contributed by atoms with Crippen LogP contribution in [0.1, 0.15) is 20.8 Å². The highest BCUT2D eigenvalue weighted by Gasteiger charge is 2.66. The van der Waals surface area contributed by atoms with E-state index in [4.69, 9.17) is 10.2 Å². The Balaban J connectivity index is 5.68. The molecule has 0 aliphatic rings. The van der Waals surface area contributed by atoms with E-state index in [0.717, 1.165) is 0 Å². The summed E-state index contributed by atoms with van der Waals surface area (Å²) in [7, 11) is 0. The summed E-state index contributed by atoms with van der Waals surface area (Å²) in [5.74, 6) is -4.03. The molecule has 2 N–H and O–H groups in total. The van der Waals surface area contributed by atoms with Crippen LogP contribution in [0.25, 0.3) is 0 Å². The number of carboxylic acid groups (broad SMARTS) is 2. The smallest absolute Gasteiger partial charge is 0.395 e. The molecule has 0 spiro atoms. The summed E-state index contributed by atoms with van der Waals surface area (Å²) in [5, 5.41) is 17.2. The summed E-state index contributed by atoms with van der Waals surface area (Å²) in [5.41, 5.74) is -5.77. The van der Waals surface area contributed by atoms with Gasteiger partial charge in [0.2, 0.25) is 0 Å². The number of halogens is 3. The van der Waals surface area contributed by atoms with Crippen LogP contribution in [0.2, 0.25) is 0 Å². The van der Waals surface area contributed by atoms with Crippen molar-refractivity contribution >= 4 is 11.9 Å². The highest BCUT2D eigenvalue weighted by atomic mass is 19.4. The zero-order valence-electron chi connectivity index (χ0n) is 8.34. The average molecular weight is 228 g/mol. The highest BCUT2D eigenvalue weighted by Crippen LogP contribution is 2.50. The van der Waals surface area contributed by atoms with Crippen molar-refractivity contribution in [1.29, 1.82) is 0 Å². The number of aliphatic carboxylic acids is 2. The number of rotatable bonds is 3. The predicted octanol–water partition coefficient (Wildman–Crippen LogP) is 1.75. The Morgan fingerprint density at radius 2 is 1.20 bits per heavy atom. The molecule has 7 heteroatoms. The molecule has 0 bridgehead atoms. The van der Waals surface area contributed by atoms with E-state index >= 15 is 0 Å². The first-order valence-electron chi connectivity index (χ1n) is 3.92. The molecule has 0 saturated heterocycles. The van der Waals surface area contributed by atoms with Crippen molar-refractivity contribution < 1.29 is 33.0 Å². The quantitative estimate of drug-likeness (QED) is 0.721. The molecular weight excluding hydrogens is 217 g/mol. The monoisotopic (exact) mass is 228 g/mol. The Labute approximate surface area is 83.7 Å². The summed E-state index contributed by atoms with van der Waals surface area (Å²) >= 11 is 0. The van der Waals surface area contributed by atoms with Crippen LogP contribution >= 0.6 is 0 Å². The van der Waals surface area contributed by atoms with Gasteiger partial charge in [0.1, 0.15) is 0 Å². The third-order valence-electron chi connectivity index (χ3n) is 2.81. The number of hydrogen-bond acceptors (Lipinski definition) is 2. The summed E-state index contributed by atoms with van der Waals surface area (Å²) < 4.78 is 37.6. The first-order chi connectivity index (χ1) is 6.39. The molecule has 0 aliphatic carbocycles. The molecule has 0 radical (unpaired) electrons. The third-order valence-corrected chi connectivity index (χ3v) is 2.81. The molecule has 0 aliphatic heterocycles. The van der Waals surface area contributed by atoms with Gasteiger partial charge in [-0.25, -0.2) is 0 Å². The average Bonchev–Trinajstić information content (AvgIpc) is 1.99. The Kier molecular flexibility index (Phi) is 3.10. The first kappa shape index (κ1) is 13.7. The van der Waals surface area contributed by atoms with Crippen LogP contribution < -0.4 is 0 Å². The summed E-state index contributed by atoms with van der Waals surface area (Å²) in [6, 6.07) is 0. The largest absolute Gasteiger partial charge is 0.480 e. The lowest BCUT2D eigenvalue weighted by Crippen LogP contribution is -2.55. The molecular formula is C8H11F3O4. The molecule has 0 saturated carbocycles. The number of alkyl halides is 3. The molecule has 0 amide bonds. The van der Waals surface area contributed by atoms with Crippen molar-refractivity contribution in [2.75, 3.05) is 0 Å². The second-order valence-corrected chi connectivity index (χ2v) is 3.86. The summed E-state index contributed by atoms with van der Waals surface area (Å²) in [6.45, 7) is 1.65. The van der Waals surface area contributed by atoms with E-state index in [2.05, 4.69) is 0 Å². The fourth-order valence-electron chi connectivity index (χ4n) is 0.910. The Morgan fingerprint density at radius 1 is 0.933 bits per heavy atom. The highest BCUT2D eigenvalue weighted by molar-refractivity contribution is 5.98. The summed E-state index contributed by atoms with van der Waals surface area (Å²) in [6.07, 6.45) is -4.92.